The van der Waals surface area contributed by atoms with E-state index in [0.29, 0.717) is 0 Å². The first-order chi connectivity index (χ1) is 10.2. The Kier molecular flexibility index (Phi) is 5.40. The molecule has 0 aliphatic heterocycles. The SMILES string of the molecule is CCCNCc1ccccc1-c1cc(C)c(OC)cc1C. The third-order valence-electron chi connectivity index (χ3n) is 3.79. The molecule has 2 rings (SSSR count). The predicted octanol–water partition coefficient (Wildman–Crippen LogP) is 4.48. The van der Waals surface area contributed by atoms with Gasteiger partial charge in [-0.25, -0.2) is 0 Å². The van der Waals surface area contributed by atoms with Crippen molar-refractivity contribution in [2.45, 2.75) is 33.7 Å². The summed E-state index contributed by atoms with van der Waals surface area (Å²) >= 11 is 0. The van der Waals surface area contributed by atoms with Gasteiger partial charge in [0.05, 0.1) is 7.11 Å². The van der Waals surface area contributed by atoms with E-state index in [9.17, 15) is 0 Å². The Labute approximate surface area is 128 Å². The number of ether oxygens (including phenoxy) is 1. The van der Waals surface area contributed by atoms with Gasteiger partial charge in [-0.3, -0.25) is 0 Å². The maximum atomic E-state index is 5.41. The fourth-order valence-corrected chi connectivity index (χ4v) is 2.64. The Bertz CT molecular complexity index is 605. The van der Waals surface area contributed by atoms with Crippen molar-refractivity contribution in [3.05, 3.63) is 53.1 Å². The van der Waals surface area contributed by atoms with E-state index < -0.39 is 0 Å². The summed E-state index contributed by atoms with van der Waals surface area (Å²) in [6.45, 7) is 8.40. The summed E-state index contributed by atoms with van der Waals surface area (Å²) in [5.41, 5.74) is 6.37. The molecule has 0 heterocycles. The molecule has 2 aromatic carbocycles. The fraction of sp³-hybridized carbons (Fsp3) is 0.368. The van der Waals surface area contributed by atoms with Crippen LogP contribution >= 0.6 is 0 Å². The molecule has 0 fully saturated rings. The standard InChI is InChI=1S/C19H25NO/c1-5-10-20-13-16-8-6-7-9-17(16)18-11-15(3)19(21-4)12-14(18)2/h6-9,11-12,20H,5,10,13H2,1-4H3. The average molecular weight is 283 g/mol. The molecule has 2 nitrogen and oxygen atoms in total. The van der Waals surface area contributed by atoms with Gasteiger partial charge in [-0.2, -0.15) is 0 Å². The molecule has 21 heavy (non-hydrogen) atoms. The second-order valence-corrected chi connectivity index (χ2v) is 5.47. The minimum atomic E-state index is 0.911. The van der Waals surface area contributed by atoms with Gasteiger partial charge in [-0.05, 0) is 66.8 Å². The number of nitrogens with one attached hydrogen (secondary N) is 1. The molecular formula is C19H25NO. The van der Waals surface area contributed by atoms with Gasteiger partial charge in [0.1, 0.15) is 5.75 Å². The quantitative estimate of drug-likeness (QED) is 0.789. The Morgan fingerprint density at radius 2 is 1.76 bits per heavy atom. The summed E-state index contributed by atoms with van der Waals surface area (Å²) in [5.74, 6) is 0.956. The van der Waals surface area contributed by atoms with Crippen LogP contribution in [0.3, 0.4) is 0 Å². The molecule has 0 saturated carbocycles. The average Bonchev–Trinajstić information content (AvgIpc) is 2.50. The van der Waals surface area contributed by atoms with E-state index in [1.54, 1.807) is 7.11 Å². The molecule has 0 saturated heterocycles. The van der Waals surface area contributed by atoms with Crippen molar-refractivity contribution in [3.63, 3.8) is 0 Å². The molecule has 0 aliphatic rings. The van der Waals surface area contributed by atoms with Crippen LogP contribution in [0.5, 0.6) is 5.75 Å². The van der Waals surface area contributed by atoms with Gasteiger partial charge >= 0.3 is 0 Å². The molecule has 112 valence electrons. The normalized spacial score (nSPS) is 10.7. The number of aryl methyl sites for hydroxylation is 2. The van der Waals surface area contributed by atoms with E-state index in [4.69, 9.17) is 4.74 Å². The highest BCUT2D eigenvalue weighted by molar-refractivity contribution is 5.72. The Morgan fingerprint density at radius 1 is 1.00 bits per heavy atom. The van der Waals surface area contributed by atoms with Crippen LogP contribution in [0.15, 0.2) is 36.4 Å². The number of benzene rings is 2. The Morgan fingerprint density at radius 3 is 2.48 bits per heavy atom. The van der Waals surface area contributed by atoms with Gasteiger partial charge in [0.2, 0.25) is 0 Å². The molecule has 0 spiro atoms. The monoisotopic (exact) mass is 283 g/mol. The first-order valence-corrected chi connectivity index (χ1v) is 7.61. The highest BCUT2D eigenvalue weighted by Crippen LogP contribution is 2.32. The second kappa shape index (κ2) is 7.28. The zero-order chi connectivity index (χ0) is 15.2. The zero-order valence-corrected chi connectivity index (χ0v) is 13.5. The van der Waals surface area contributed by atoms with Crippen molar-refractivity contribution >= 4 is 0 Å². The van der Waals surface area contributed by atoms with E-state index in [-0.39, 0.29) is 0 Å². The van der Waals surface area contributed by atoms with E-state index >= 15 is 0 Å². The minimum absolute atomic E-state index is 0.911. The lowest BCUT2D eigenvalue weighted by molar-refractivity contribution is 0.411. The summed E-state index contributed by atoms with van der Waals surface area (Å²) in [6, 6.07) is 13.0. The van der Waals surface area contributed by atoms with E-state index in [1.165, 1.54) is 27.8 Å². The molecule has 0 atom stereocenters. The molecule has 0 aromatic heterocycles. The first kappa shape index (κ1) is 15.6. The lowest BCUT2D eigenvalue weighted by atomic mass is 9.94. The van der Waals surface area contributed by atoms with Crippen LogP contribution in [0.2, 0.25) is 0 Å². The maximum absolute atomic E-state index is 5.41. The molecule has 2 aromatic rings. The highest BCUT2D eigenvalue weighted by atomic mass is 16.5. The van der Waals surface area contributed by atoms with E-state index in [2.05, 4.69) is 62.5 Å². The molecule has 0 radical (unpaired) electrons. The van der Waals surface area contributed by atoms with Gasteiger partial charge in [0.25, 0.3) is 0 Å². The van der Waals surface area contributed by atoms with Crippen molar-refractivity contribution in [3.8, 4) is 16.9 Å². The van der Waals surface area contributed by atoms with Crippen LogP contribution in [0.4, 0.5) is 0 Å². The van der Waals surface area contributed by atoms with Crippen LogP contribution in [0, 0.1) is 13.8 Å². The number of methoxy groups -OCH3 is 1. The molecule has 0 unspecified atom stereocenters. The van der Waals surface area contributed by atoms with Crippen LogP contribution in [0.1, 0.15) is 30.0 Å². The Balaban J connectivity index is 2.40. The fourth-order valence-electron chi connectivity index (χ4n) is 2.64. The molecule has 0 aliphatic carbocycles. The highest BCUT2D eigenvalue weighted by Gasteiger charge is 2.10. The number of rotatable bonds is 6. The largest absolute Gasteiger partial charge is 0.496 e. The predicted molar refractivity (Wildman–Crippen MR) is 89.9 cm³/mol. The lowest BCUT2D eigenvalue weighted by Gasteiger charge is -2.15. The molecular weight excluding hydrogens is 258 g/mol. The van der Waals surface area contributed by atoms with E-state index in [0.717, 1.165) is 25.3 Å². The molecule has 2 heteroatoms. The summed E-state index contributed by atoms with van der Waals surface area (Å²) in [7, 11) is 1.73. The minimum Gasteiger partial charge on any atom is -0.496 e. The topological polar surface area (TPSA) is 21.3 Å². The molecule has 1 N–H and O–H groups in total. The third kappa shape index (κ3) is 3.64. The van der Waals surface area contributed by atoms with Crippen molar-refractivity contribution in [1.29, 1.82) is 0 Å². The van der Waals surface area contributed by atoms with Gasteiger partial charge < -0.3 is 10.1 Å². The summed E-state index contributed by atoms with van der Waals surface area (Å²) < 4.78 is 5.41. The van der Waals surface area contributed by atoms with Crippen LogP contribution < -0.4 is 10.1 Å². The van der Waals surface area contributed by atoms with Crippen molar-refractivity contribution in [2.75, 3.05) is 13.7 Å². The summed E-state index contributed by atoms with van der Waals surface area (Å²) in [4.78, 5) is 0. The molecule has 0 bridgehead atoms. The Hall–Kier alpha value is -1.80. The van der Waals surface area contributed by atoms with Crippen LogP contribution in [-0.4, -0.2) is 13.7 Å². The molecule has 0 amide bonds. The number of hydrogen-bond acceptors (Lipinski definition) is 2. The van der Waals surface area contributed by atoms with Crippen LogP contribution in [0.25, 0.3) is 11.1 Å². The van der Waals surface area contributed by atoms with Gasteiger partial charge in [-0.15, -0.1) is 0 Å². The third-order valence-corrected chi connectivity index (χ3v) is 3.79. The zero-order valence-electron chi connectivity index (χ0n) is 13.5. The van der Waals surface area contributed by atoms with Crippen LogP contribution in [-0.2, 0) is 6.54 Å². The van der Waals surface area contributed by atoms with Gasteiger partial charge in [0, 0.05) is 6.54 Å². The van der Waals surface area contributed by atoms with Crippen molar-refractivity contribution < 1.29 is 4.74 Å². The lowest BCUT2D eigenvalue weighted by Crippen LogP contribution is -2.14. The van der Waals surface area contributed by atoms with Crippen molar-refractivity contribution in [2.24, 2.45) is 0 Å². The van der Waals surface area contributed by atoms with Gasteiger partial charge in [-0.1, -0.05) is 31.2 Å². The first-order valence-electron chi connectivity index (χ1n) is 7.61. The van der Waals surface area contributed by atoms with Crippen molar-refractivity contribution in [1.82, 2.24) is 5.32 Å². The van der Waals surface area contributed by atoms with E-state index in [1.807, 2.05) is 0 Å². The summed E-state index contributed by atoms with van der Waals surface area (Å²) in [6.07, 6.45) is 1.16. The maximum Gasteiger partial charge on any atom is 0.122 e. The number of hydrogen-bond donors (Lipinski definition) is 1. The van der Waals surface area contributed by atoms with Gasteiger partial charge in [0.15, 0.2) is 0 Å². The smallest absolute Gasteiger partial charge is 0.122 e. The second-order valence-electron chi connectivity index (χ2n) is 5.47. The summed E-state index contributed by atoms with van der Waals surface area (Å²) in [5, 5.41) is 3.49.